The first kappa shape index (κ1) is 15.7. The number of rotatable bonds is 5. The van der Waals surface area contributed by atoms with Crippen LogP contribution >= 0.6 is 0 Å². The minimum Gasteiger partial charge on any atom is -0.491 e. The summed E-state index contributed by atoms with van der Waals surface area (Å²) in [7, 11) is 5.02. The number of aromatic nitrogens is 3. The number of nitrogens with zero attached hydrogens (tertiary/aromatic N) is 4. The summed E-state index contributed by atoms with van der Waals surface area (Å²) in [6, 6.07) is 3.70. The third-order valence-corrected chi connectivity index (χ3v) is 3.13. The van der Waals surface area contributed by atoms with Gasteiger partial charge in [0.1, 0.15) is 6.33 Å². The number of hydrogen-bond acceptors (Lipinski definition) is 6. The van der Waals surface area contributed by atoms with Crippen molar-refractivity contribution in [2.75, 3.05) is 26.5 Å². The predicted molar refractivity (Wildman–Crippen MR) is 83.2 cm³/mol. The SMILES string of the molecule is COc1cncnc1Nc1ccc(CC(=O)N(C)C)nc1C. The van der Waals surface area contributed by atoms with Crippen molar-refractivity contribution < 1.29 is 9.53 Å². The first-order chi connectivity index (χ1) is 10.5. The summed E-state index contributed by atoms with van der Waals surface area (Å²) in [5, 5.41) is 3.16. The Hall–Kier alpha value is -2.70. The Balaban J connectivity index is 2.18. The van der Waals surface area contributed by atoms with E-state index in [2.05, 4.69) is 20.3 Å². The van der Waals surface area contributed by atoms with E-state index >= 15 is 0 Å². The van der Waals surface area contributed by atoms with Crippen LogP contribution < -0.4 is 10.1 Å². The molecule has 1 N–H and O–H groups in total. The molecular formula is C15H19N5O2. The van der Waals surface area contributed by atoms with E-state index in [1.165, 1.54) is 6.33 Å². The zero-order valence-corrected chi connectivity index (χ0v) is 13.1. The number of aryl methyl sites for hydroxylation is 1. The smallest absolute Gasteiger partial charge is 0.228 e. The van der Waals surface area contributed by atoms with Crippen molar-refractivity contribution >= 4 is 17.4 Å². The normalized spacial score (nSPS) is 10.2. The van der Waals surface area contributed by atoms with Crippen molar-refractivity contribution in [2.24, 2.45) is 0 Å². The number of amides is 1. The van der Waals surface area contributed by atoms with Gasteiger partial charge in [0, 0.05) is 14.1 Å². The number of nitrogens with one attached hydrogen (secondary N) is 1. The highest BCUT2D eigenvalue weighted by Gasteiger charge is 2.10. The van der Waals surface area contributed by atoms with Gasteiger partial charge in [-0.2, -0.15) is 0 Å². The second-order valence-electron chi connectivity index (χ2n) is 4.97. The van der Waals surface area contributed by atoms with E-state index in [0.29, 0.717) is 11.6 Å². The molecule has 0 radical (unpaired) electrons. The molecule has 0 spiro atoms. The van der Waals surface area contributed by atoms with Crippen LogP contribution in [0.3, 0.4) is 0 Å². The summed E-state index contributed by atoms with van der Waals surface area (Å²) in [5.74, 6) is 1.14. The lowest BCUT2D eigenvalue weighted by Gasteiger charge is -2.13. The zero-order chi connectivity index (χ0) is 16.1. The maximum absolute atomic E-state index is 11.7. The number of carbonyl (C=O) groups is 1. The van der Waals surface area contributed by atoms with Crippen molar-refractivity contribution in [1.82, 2.24) is 19.9 Å². The van der Waals surface area contributed by atoms with Gasteiger partial charge in [-0.1, -0.05) is 0 Å². The molecule has 0 saturated heterocycles. The molecule has 22 heavy (non-hydrogen) atoms. The van der Waals surface area contributed by atoms with E-state index in [1.807, 2.05) is 19.1 Å². The Morgan fingerprint density at radius 3 is 2.77 bits per heavy atom. The molecule has 0 unspecified atom stereocenters. The quantitative estimate of drug-likeness (QED) is 0.903. The molecule has 0 bridgehead atoms. The summed E-state index contributed by atoms with van der Waals surface area (Å²) in [6.45, 7) is 1.87. The molecule has 7 nitrogen and oxygen atoms in total. The van der Waals surface area contributed by atoms with Crippen LogP contribution in [0, 0.1) is 6.92 Å². The van der Waals surface area contributed by atoms with Crippen LogP contribution in [0.25, 0.3) is 0 Å². The number of likely N-dealkylation sites (N-methyl/N-ethyl adjacent to an activating group) is 1. The topological polar surface area (TPSA) is 80.2 Å². The number of methoxy groups -OCH3 is 1. The highest BCUT2D eigenvalue weighted by Crippen LogP contribution is 2.25. The summed E-state index contributed by atoms with van der Waals surface area (Å²) in [5.41, 5.74) is 2.32. The van der Waals surface area contributed by atoms with Gasteiger partial charge in [-0.05, 0) is 19.1 Å². The van der Waals surface area contributed by atoms with Crippen LogP contribution in [0.2, 0.25) is 0 Å². The van der Waals surface area contributed by atoms with Crippen molar-refractivity contribution in [1.29, 1.82) is 0 Å². The summed E-state index contributed by atoms with van der Waals surface area (Å²) < 4.78 is 5.20. The van der Waals surface area contributed by atoms with Gasteiger partial charge in [-0.25, -0.2) is 9.97 Å². The van der Waals surface area contributed by atoms with Crippen LogP contribution in [-0.4, -0.2) is 47.0 Å². The molecule has 0 aromatic carbocycles. The van der Waals surface area contributed by atoms with Crippen LogP contribution in [0.4, 0.5) is 11.5 Å². The van der Waals surface area contributed by atoms with Crippen molar-refractivity contribution in [3.63, 3.8) is 0 Å². The molecule has 1 amide bonds. The fourth-order valence-corrected chi connectivity index (χ4v) is 1.84. The molecule has 7 heteroatoms. The van der Waals surface area contributed by atoms with E-state index in [9.17, 15) is 4.79 Å². The van der Waals surface area contributed by atoms with Gasteiger partial charge in [-0.15, -0.1) is 0 Å². The van der Waals surface area contributed by atoms with Gasteiger partial charge in [-0.3, -0.25) is 9.78 Å². The van der Waals surface area contributed by atoms with E-state index in [4.69, 9.17) is 4.74 Å². The second-order valence-corrected chi connectivity index (χ2v) is 4.97. The van der Waals surface area contributed by atoms with Gasteiger partial charge < -0.3 is 15.0 Å². The molecule has 2 aromatic heterocycles. The summed E-state index contributed by atoms with van der Waals surface area (Å²) in [6.07, 6.45) is 3.31. The molecule has 2 rings (SSSR count). The van der Waals surface area contributed by atoms with Crippen LogP contribution in [-0.2, 0) is 11.2 Å². The predicted octanol–water partition coefficient (Wildman–Crippen LogP) is 1.56. The fraction of sp³-hybridized carbons (Fsp3) is 0.333. The van der Waals surface area contributed by atoms with E-state index < -0.39 is 0 Å². The van der Waals surface area contributed by atoms with Crippen LogP contribution in [0.5, 0.6) is 5.75 Å². The van der Waals surface area contributed by atoms with Crippen molar-refractivity contribution in [3.05, 3.63) is 36.0 Å². The van der Waals surface area contributed by atoms with Gasteiger partial charge in [0.25, 0.3) is 0 Å². The van der Waals surface area contributed by atoms with Crippen LogP contribution in [0.15, 0.2) is 24.7 Å². The minimum absolute atomic E-state index is 0.0186. The summed E-state index contributed by atoms with van der Waals surface area (Å²) in [4.78, 5) is 25.8. The molecule has 116 valence electrons. The fourth-order valence-electron chi connectivity index (χ4n) is 1.84. The number of hydrogen-bond donors (Lipinski definition) is 1. The van der Waals surface area contributed by atoms with E-state index in [0.717, 1.165) is 17.1 Å². The minimum atomic E-state index is 0.0186. The van der Waals surface area contributed by atoms with E-state index in [-0.39, 0.29) is 12.3 Å². The second kappa shape index (κ2) is 6.84. The Bertz CT molecular complexity index is 673. The third kappa shape index (κ3) is 3.69. The molecule has 0 atom stereocenters. The molecule has 2 aromatic rings. The Morgan fingerprint density at radius 1 is 1.36 bits per heavy atom. The van der Waals surface area contributed by atoms with Gasteiger partial charge in [0.15, 0.2) is 11.6 Å². The zero-order valence-electron chi connectivity index (χ0n) is 13.1. The first-order valence-corrected chi connectivity index (χ1v) is 6.79. The van der Waals surface area contributed by atoms with Crippen LogP contribution in [0.1, 0.15) is 11.4 Å². The monoisotopic (exact) mass is 301 g/mol. The molecule has 0 saturated carbocycles. The first-order valence-electron chi connectivity index (χ1n) is 6.79. The van der Waals surface area contributed by atoms with E-state index in [1.54, 1.807) is 32.3 Å². The lowest BCUT2D eigenvalue weighted by atomic mass is 10.2. The molecule has 0 aliphatic heterocycles. The van der Waals surface area contributed by atoms with Gasteiger partial charge in [0.05, 0.1) is 36.8 Å². The van der Waals surface area contributed by atoms with Gasteiger partial charge in [0.2, 0.25) is 5.91 Å². The standard InChI is InChI=1S/C15H19N5O2/c1-10-12(19-15-13(22-4)8-16-9-17-15)6-5-11(18-10)7-14(21)20(2)3/h5-6,8-9H,7H2,1-4H3,(H,16,17,19). The van der Waals surface area contributed by atoms with Crippen molar-refractivity contribution in [3.8, 4) is 5.75 Å². The lowest BCUT2D eigenvalue weighted by Crippen LogP contribution is -2.24. The van der Waals surface area contributed by atoms with Gasteiger partial charge >= 0.3 is 0 Å². The Kier molecular flexibility index (Phi) is 4.88. The number of pyridine rings is 1. The largest absolute Gasteiger partial charge is 0.491 e. The molecular weight excluding hydrogens is 282 g/mol. The third-order valence-electron chi connectivity index (χ3n) is 3.13. The molecule has 0 fully saturated rings. The Morgan fingerprint density at radius 2 is 2.14 bits per heavy atom. The molecule has 0 aliphatic carbocycles. The summed E-state index contributed by atoms with van der Waals surface area (Å²) >= 11 is 0. The number of ether oxygens (including phenoxy) is 1. The Labute approximate surface area is 129 Å². The average molecular weight is 301 g/mol. The maximum Gasteiger partial charge on any atom is 0.228 e. The number of carbonyl (C=O) groups excluding carboxylic acids is 1. The highest BCUT2D eigenvalue weighted by molar-refractivity contribution is 5.78. The maximum atomic E-state index is 11.7. The number of anilines is 2. The lowest BCUT2D eigenvalue weighted by molar-refractivity contribution is -0.128. The molecule has 2 heterocycles. The average Bonchev–Trinajstić information content (AvgIpc) is 2.50. The highest BCUT2D eigenvalue weighted by atomic mass is 16.5. The molecule has 0 aliphatic rings. The van der Waals surface area contributed by atoms with Crippen molar-refractivity contribution in [2.45, 2.75) is 13.3 Å².